The Bertz CT molecular complexity index is 347. The molecule has 0 saturated heterocycles. The molecule has 3 nitrogen and oxygen atoms in total. The van der Waals surface area contributed by atoms with Crippen molar-refractivity contribution in [2.45, 2.75) is 19.9 Å². The van der Waals surface area contributed by atoms with Crippen molar-refractivity contribution < 1.29 is 4.39 Å². The minimum absolute atomic E-state index is 0.125. The SMILES string of the molecule is CC(C)Nc1ccc(C(=N)N)cc1F. The van der Waals surface area contributed by atoms with E-state index in [1.807, 2.05) is 13.8 Å². The average molecular weight is 195 g/mol. The molecule has 0 fully saturated rings. The van der Waals surface area contributed by atoms with Gasteiger partial charge in [0.05, 0.1) is 5.69 Å². The van der Waals surface area contributed by atoms with Gasteiger partial charge in [-0.05, 0) is 32.0 Å². The molecule has 0 atom stereocenters. The number of hydrogen-bond donors (Lipinski definition) is 3. The molecule has 0 bridgehead atoms. The third kappa shape index (κ3) is 2.45. The van der Waals surface area contributed by atoms with Crippen LogP contribution in [-0.2, 0) is 0 Å². The van der Waals surface area contributed by atoms with Gasteiger partial charge in [0.25, 0.3) is 0 Å². The predicted octanol–water partition coefficient (Wildman–Crippen LogP) is 1.93. The molecule has 1 aromatic rings. The van der Waals surface area contributed by atoms with E-state index >= 15 is 0 Å². The van der Waals surface area contributed by atoms with Gasteiger partial charge in [-0.2, -0.15) is 0 Å². The van der Waals surface area contributed by atoms with E-state index < -0.39 is 0 Å². The fourth-order valence-corrected chi connectivity index (χ4v) is 1.11. The summed E-state index contributed by atoms with van der Waals surface area (Å²) >= 11 is 0. The highest BCUT2D eigenvalue weighted by Gasteiger charge is 2.05. The first-order valence-electron chi connectivity index (χ1n) is 4.41. The number of anilines is 1. The van der Waals surface area contributed by atoms with Crippen LogP contribution in [0.5, 0.6) is 0 Å². The van der Waals surface area contributed by atoms with Gasteiger partial charge in [-0.15, -0.1) is 0 Å². The number of benzene rings is 1. The highest BCUT2D eigenvalue weighted by atomic mass is 19.1. The second-order valence-electron chi connectivity index (χ2n) is 3.41. The van der Waals surface area contributed by atoms with Crippen LogP contribution < -0.4 is 11.1 Å². The lowest BCUT2D eigenvalue weighted by molar-refractivity contribution is 0.627. The molecule has 0 radical (unpaired) electrons. The Hall–Kier alpha value is -1.58. The largest absolute Gasteiger partial charge is 0.384 e. The molecule has 4 N–H and O–H groups in total. The van der Waals surface area contributed by atoms with Gasteiger partial charge in [-0.1, -0.05) is 0 Å². The van der Waals surface area contributed by atoms with Crippen LogP contribution in [-0.4, -0.2) is 11.9 Å². The van der Waals surface area contributed by atoms with Crippen molar-refractivity contribution in [2.24, 2.45) is 5.73 Å². The van der Waals surface area contributed by atoms with E-state index in [0.717, 1.165) is 0 Å². The van der Waals surface area contributed by atoms with E-state index in [9.17, 15) is 4.39 Å². The Balaban J connectivity index is 2.95. The minimum Gasteiger partial charge on any atom is -0.384 e. The molecule has 76 valence electrons. The standard InChI is InChI=1S/C10H14FN3/c1-6(2)14-9-4-3-7(10(12)13)5-8(9)11/h3-6,14H,1-2H3,(H3,12,13). The quantitative estimate of drug-likeness (QED) is 0.509. The number of hydrogen-bond acceptors (Lipinski definition) is 2. The lowest BCUT2D eigenvalue weighted by Gasteiger charge is -2.11. The molecule has 0 unspecified atom stereocenters. The summed E-state index contributed by atoms with van der Waals surface area (Å²) in [6.45, 7) is 3.86. The first kappa shape index (κ1) is 10.5. The Morgan fingerprint density at radius 3 is 2.57 bits per heavy atom. The zero-order chi connectivity index (χ0) is 10.7. The summed E-state index contributed by atoms with van der Waals surface area (Å²) in [5, 5.41) is 10.1. The number of amidine groups is 1. The highest BCUT2D eigenvalue weighted by molar-refractivity contribution is 5.95. The number of nitrogen functional groups attached to an aromatic ring is 1. The van der Waals surface area contributed by atoms with Gasteiger partial charge in [-0.3, -0.25) is 5.41 Å². The second kappa shape index (κ2) is 4.09. The first-order valence-corrected chi connectivity index (χ1v) is 4.41. The van der Waals surface area contributed by atoms with Crippen molar-refractivity contribution >= 4 is 11.5 Å². The molecule has 1 aromatic carbocycles. The van der Waals surface area contributed by atoms with E-state index in [-0.39, 0.29) is 17.7 Å². The van der Waals surface area contributed by atoms with Crippen molar-refractivity contribution in [3.63, 3.8) is 0 Å². The van der Waals surface area contributed by atoms with Crippen molar-refractivity contribution in [3.8, 4) is 0 Å². The topological polar surface area (TPSA) is 61.9 Å². The fraction of sp³-hybridized carbons (Fsp3) is 0.300. The summed E-state index contributed by atoms with van der Waals surface area (Å²) < 4.78 is 13.4. The lowest BCUT2D eigenvalue weighted by Crippen LogP contribution is -2.14. The molecule has 0 aliphatic rings. The van der Waals surface area contributed by atoms with Crippen LogP contribution in [0.4, 0.5) is 10.1 Å². The number of nitrogens with two attached hydrogens (primary N) is 1. The number of rotatable bonds is 3. The zero-order valence-corrected chi connectivity index (χ0v) is 8.26. The predicted molar refractivity (Wildman–Crippen MR) is 56.2 cm³/mol. The van der Waals surface area contributed by atoms with Gasteiger partial charge in [-0.25, -0.2) is 4.39 Å². The van der Waals surface area contributed by atoms with Crippen LogP contribution in [0.15, 0.2) is 18.2 Å². The van der Waals surface area contributed by atoms with Crippen LogP contribution in [0, 0.1) is 11.2 Å². The molecule has 14 heavy (non-hydrogen) atoms. The normalized spacial score (nSPS) is 10.3. The van der Waals surface area contributed by atoms with Gasteiger partial charge in [0, 0.05) is 11.6 Å². The molecule has 0 aliphatic carbocycles. The molecule has 0 saturated carbocycles. The first-order chi connectivity index (χ1) is 6.50. The summed E-state index contributed by atoms with van der Waals surface area (Å²) in [6.07, 6.45) is 0. The summed E-state index contributed by atoms with van der Waals surface area (Å²) in [5.74, 6) is -0.508. The molecule has 0 spiro atoms. The van der Waals surface area contributed by atoms with Gasteiger partial charge in [0.2, 0.25) is 0 Å². The third-order valence-corrected chi connectivity index (χ3v) is 1.72. The molecule has 0 aliphatic heterocycles. The Kier molecular flexibility index (Phi) is 3.06. The zero-order valence-electron chi connectivity index (χ0n) is 8.26. The summed E-state index contributed by atoms with van der Waals surface area (Å²) in [4.78, 5) is 0. The van der Waals surface area contributed by atoms with Crippen molar-refractivity contribution in [3.05, 3.63) is 29.6 Å². The molecule has 0 amide bonds. The van der Waals surface area contributed by atoms with Crippen molar-refractivity contribution in [2.75, 3.05) is 5.32 Å². The van der Waals surface area contributed by atoms with Gasteiger partial charge in [0.15, 0.2) is 0 Å². The van der Waals surface area contributed by atoms with Gasteiger partial charge >= 0.3 is 0 Å². The molecule has 1 rings (SSSR count). The molecule has 0 heterocycles. The van der Waals surface area contributed by atoms with E-state index in [1.54, 1.807) is 12.1 Å². The van der Waals surface area contributed by atoms with E-state index in [4.69, 9.17) is 11.1 Å². The van der Waals surface area contributed by atoms with Gasteiger partial charge in [0.1, 0.15) is 11.7 Å². The maximum absolute atomic E-state index is 13.4. The Labute approximate surface area is 82.6 Å². The van der Waals surface area contributed by atoms with Gasteiger partial charge < -0.3 is 11.1 Å². The van der Waals surface area contributed by atoms with E-state index in [0.29, 0.717) is 11.3 Å². The lowest BCUT2D eigenvalue weighted by atomic mass is 10.1. The summed E-state index contributed by atoms with van der Waals surface area (Å²) in [5.41, 5.74) is 6.07. The van der Waals surface area contributed by atoms with Crippen molar-refractivity contribution in [1.29, 1.82) is 5.41 Å². The summed E-state index contributed by atoms with van der Waals surface area (Å²) in [7, 11) is 0. The maximum atomic E-state index is 13.4. The molecular weight excluding hydrogens is 181 g/mol. The van der Waals surface area contributed by atoms with Crippen LogP contribution >= 0.6 is 0 Å². The average Bonchev–Trinajstić information content (AvgIpc) is 2.07. The van der Waals surface area contributed by atoms with Crippen LogP contribution in [0.1, 0.15) is 19.4 Å². The second-order valence-corrected chi connectivity index (χ2v) is 3.41. The number of halogens is 1. The molecule has 4 heteroatoms. The molecule has 0 aromatic heterocycles. The Morgan fingerprint density at radius 1 is 1.50 bits per heavy atom. The van der Waals surface area contributed by atoms with Crippen molar-refractivity contribution in [1.82, 2.24) is 0 Å². The highest BCUT2D eigenvalue weighted by Crippen LogP contribution is 2.16. The smallest absolute Gasteiger partial charge is 0.147 e. The van der Waals surface area contributed by atoms with Crippen LogP contribution in [0.3, 0.4) is 0 Å². The fourth-order valence-electron chi connectivity index (χ4n) is 1.11. The Morgan fingerprint density at radius 2 is 2.14 bits per heavy atom. The van der Waals surface area contributed by atoms with E-state index in [1.165, 1.54) is 6.07 Å². The maximum Gasteiger partial charge on any atom is 0.147 e. The van der Waals surface area contributed by atoms with E-state index in [2.05, 4.69) is 5.32 Å². The molecular formula is C10H14FN3. The van der Waals surface area contributed by atoms with Crippen LogP contribution in [0.2, 0.25) is 0 Å². The summed E-state index contributed by atoms with van der Waals surface area (Å²) in [6, 6.07) is 4.64. The minimum atomic E-state index is -0.383. The monoisotopic (exact) mass is 195 g/mol. The third-order valence-electron chi connectivity index (χ3n) is 1.72. The van der Waals surface area contributed by atoms with Crippen LogP contribution in [0.25, 0.3) is 0 Å². The number of nitrogens with one attached hydrogen (secondary N) is 2.